The second-order valence-electron chi connectivity index (χ2n) is 6.50. The topological polar surface area (TPSA) is 242 Å². The summed E-state index contributed by atoms with van der Waals surface area (Å²) >= 11 is 0. The van der Waals surface area contributed by atoms with Crippen LogP contribution in [0.1, 0.15) is 38.5 Å². The van der Waals surface area contributed by atoms with Gasteiger partial charge in [-0.2, -0.15) is 0 Å². The molecule has 0 bridgehead atoms. The van der Waals surface area contributed by atoms with Gasteiger partial charge in [-0.15, -0.1) is 0 Å². The Morgan fingerprint density at radius 3 is 1.84 bits per heavy atom. The van der Waals surface area contributed by atoms with Crippen molar-refractivity contribution in [2.45, 2.75) is 56.7 Å². The van der Waals surface area contributed by atoms with Crippen molar-refractivity contribution < 1.29 is 57.8 Å². The Morgan fingerprint density at radius 1 is 0.875 bits per heavy atom. The molecule has 2 rings (SSSR count). The van der Waals surface area contributed by atoms with Gasteiger partial charge in [0.15, 0.2) is 0 Å². The number of carbonyl (C=O) groups excluding carboxylic acids is 6. The molecule has 0 saturated carbocycles. The first-order valence-electron chi connectivity index (χ1n) is 9.20. The van der Waals surface area contributed by atoms with Crippen molar-refractivity contribution in [1.82, 2.24) is 10.8 Å². The Kier molecular flexibility index (Phi) is 8.79. The monoisotopic (exact) mass is 463 g/mol. The van der Waals surface area contributed by atoms with E-state index >= 15 is 0 Å². The average Bonchev–Trinajstić information content (AvgIpc) is 2.72. The van der Waals surface area contributed by atoms with Crippen LogP contribution in [0.15, 0.2) is 0 Å². The normalized spacial score (nSPS) is 24.3. The van der Waals surface area contributed by atoms with Crippen molar-refractivity contribution in [3.05, 3.63) is 0 Å². The summed E-state index contributed by atoms with van der Waals surface area (Å²) in [6, 6.07) is -3.76. The third-order valence-electron chi connectivity index (χ3n) is 3.91. The van der Waals surface area contributed by atoms with Crippen LogP contribution in [-0.4, -0.2) is 64.7 Å². The molecule has 0 aromatic carbocycles. The van der Waals surface area contributed by atoms with Crippen LogP contribution in [0.5, 0.6) is 0 Å². The number of rotatable bonds is 6. The van der Waals surface area contributed by atoms with Gasteiger partial charge in [0.05, 0.1) is 0 Å². The maximum Gasteiger partial charge on any atom is 0.349 e. The number of hydrogen-bond donors (Lipinski definition) is 3. The Balaban J connectivity index is 1.81. The molecule has 17 heteroatoms. The summed E-state index contributed by atoms with van der Waals surface area (Å²) in [5.41, 5.74) is 16.5. The summed E-state index contributed by atoms with van der Waals surface area (Å²) in [5, 5.41) is -0.231. The lowest BCUT2D eigenvalue weighted by molar-refractivity contribution is -0.466. The Bertz CT molecular complexity index is 776. The Labute approximate surface area is 179 Å². The first kappa shape index (κ1) is 24.9. The lowest BCUT2D eigenvalue weighted by atomic mass is 10.2. The van der Waals surface area contributed by atoms with E-state index in [0.29, 0.717) is 0 Å². The number of nitrogens with two attached hydrogens (primary N) is 3. The molecule has 178 valence electrons. The molecule has 3 atom stereocenters. The van der Waals surface area contributed by atoms with Crippen LogP contribution < -0.4 is 17.2 Å². The molecule has 0 unspecified atom stereocenters. The van der Waals surface area contributed by atoms with Gasteiger partial charge in [0.2, 0.25) is 10.8 Å². The van der Waals surface area contributed by atoms with Crippen LogP contribution in [0, 0.1) is 0 Å². The van der Waals surface area contributed by atoms with Gasteiger partial charge in [0, 0.05) is 19.3 Å². The van der Waals surface area contributed by atoms with E-state index in [4.69, 9.17) is 17.2 Å². The number of nitrogens with zero attached hydrogens (tertiary/aromatic N) is 2. The molecule has 0 aromatic rings. The lowest BCUT2D eigenvalue weighted by Crippen LogP contribution is -2.45. The largest absolute Gasteiger partial charge is 0.349 e. The van der Waals surface area contributed by atoms with Crippen LogP contribution in [-0.2, 0) is 57.8 Å². The number of hydrogen-bond acceptors (Lipinski definition) is 17. The van der Waals surface area contributed by atoms with Crippen LogP contribution in [0.2, 0.25) is 0 Å². The summed E-state index contributed by atoms with van der Waals surface area (Å²) in [4.78, 5) is 97.1. The second-order valence-corrected chi connectivity index (χ2v) is 6.50. The predicted octanol–water partition coefficient (Wildman–Crippen LogP) is -3.31. The predicted molar refractivity (Wildman–Crippen MR) is 91.9 cm³/mol. The zero-order valence-electron chi connectivity index (χ0n) is 16.5. The third kappa shape index (κ3) is 7.71. The van der Waals surface area contributed by atoms with Crippen LogP contribution in [0.25, 0.3) is 0 Å². The molecular weight excluding hydrogens is 442 g/mol. The summed E-state index contributed by atoms with van der Waals surface area (Å²) in [5.74, 6) is -6.17. The SMILES string of the molecule is N[C@@H]1CCC(=O)ON(OC(=O)CC[C@H](N)C(=O)ON2OC(=O)CC[C@@H](N)C(=O)O2)OC1=O. The quantitative estimate of drug-likeness (QED) is 0.349. The summed E-state index contributed by atoms with van der Waals surface area (Å²) in [6.45, 7) is 0. The summed E-state index contributed by atoms with van der Waals surface area (Å²) in [7, 11) is 0. The van der Waals surface area contributed by atoms with E-state index in [1.54, 1.807) is 0 Å². The van der Waals surface area contributed by atoms with Gasteiger partial charge in [-0.1, -0.05) is 0 Å². The molecule has 0 spiro atoms. The molecule has 0 aromatic heterocycles. The average molecular weight is 463 g/mol. The van der Waals surface area contributed by atoms with Gasteiger partial charge in [0.1, 0.15) is 18.1 Å². The van der Waals surface area contributed by atoms with E-state index in [0.717, 1.165) is 0 Å². The van der Waals surface area contributed by atoms with E-state index in [-0.39, 0.29) is 42.9 Å². The van der Waals surface area contributed by atoms with Gasteiger partial charge in [-0.05, 0) is 19.3 Å². The first-order valence-corrected chi connectivity index (χ1v) is 9.20. The van der Waals surface area contributed by atoms with E-state index < -0.39 is 60.4 Å². The van der Waals surface area contributed by atoms with Gasteiger partial charge in [-0.25, -0.2) is 14.4 Å². The molecule has 2 heterocycles. The summed E-state index contributed by atoms with van der Waals surface area (Å²) < 4.78 is 0. The zero-order chi connectivity index (χ0) is 23.8. The molecule has 32 heavy (non-hydrogen) atoms. The molecule has 2 aliphatic heterocycles. The van der Waals surface area contributed by atoms with Crippen molar-refractivity contribution in [2.24, 2.45) is 17.2 Å². The van der Waals surface area contributed by atoms with E-state index in [1.807, 2.05) is 0 Å². The third-order valence-corrected chi connectivity index (χ3v) is 3.91. The lowest BCUT2D eigenvalue weighted by Gasteiger charge is -2.23. The molecule has 2 saturated heterocycles. The van der Waals surface area contributed by atoms with Crippen molar-refractivity contribution >= 4 is 35.8 Å². The molecule has 0 aliphatic carbocycles. The fourth-order valence-electron chi connectivity index (χ4n) is 2.10. The van der Waals surface area contributed by atoms with Crippen molar-refractivity contribution in [3.63, 3.8) is 0 Å². The highest BCUT2D eigenvalue weighted by atomic mass is 17.2. The molecular formula is C15H21N5O12. The van der Waals surface area contributed by atoms with Crippen LogP contribution >= 0.6 is 0 Å². The smallest absolute Gasteiger partial charge is 0.318 e. The maximum atomic E-state index is 12.0. The Hall–Kier alpha value is -3.38. The first-order chi connectivity index (χ1) is 15.0. The minimum Gasteiger partial charge on any atom is -0.318 e. The maximum absolute atomic E-state index is 12.0. The minimum absolute atomic E-state index is 0.0238. The minimum atomic E-state index is -1.48. The van der Waals surface area contributed by atoms with Gasteiger partial charge < -0.3 is 31.7 Å². The van der Waals surface area contributed by atoms with Crippen molar-refractivity contribution in [3.8, 4) is 0 Å². The fraction of sp³-hybridized carbons (Fsp3) is 0.600. The van der Waals surface area contributed by atoms with E-state index in [2.05, 4.69) is 29.0 Å². The number of carbonyl (C=O) groups is 6. The molecule has 0 radical (unpaired) electrons. The fourth-order valence-corrected chi connectivity index (χ4v) is 2.10. The Morgan fingerprint density at radius 2 is 1.34 bits per heavy atom. The van der Waals surface area contributed by atoms with Gasteiger partial charge >= 0.3 is 35.8 Å². The highest BCUT2D eigenvalue weighted by Gasteiger charge is 2.32. The highest BCUT2D eigenvalue weighted by molar-refractivity contribution is 5.79. The zero-order valence-corrected chi connectivity index (χ0v) is 16.5. The van der Waals surface area contributed by atoms with Gasteiger partial charge in [0.25, 0.3) is 0 Å². The van der Waals surface area contributed by atoms with E-state index in [1.165, 1.54) is 0 Å². The van der Waals surface area contributed by atoms with Gasteiger partial charge in [-0.3, -0.25) is 28.9 Å². The second kappa shape index (κ2) is 11.3. The molecule has 2 aliphatic rings. The molecule has 6 N–H and O–H groups in total. The van der Waals surface area contributed by atoms with Crippen molar-refractivity contribution in [2.75, 3.05) is 0 Å². The van der Waals surface area contributed by atoms with Crippen LogP contribution in [0.4, 0.5) is 0 Å². The highest BCUT2D eigenvalue weighted by Crippen LogP contribution is 2.12. The van der Waals surface area contributed by atoms with E-state index in [9.17, 15) is 28.8 Å². The molecule has 17 nitrogen and oxygen atoms in total. The molecule has 2 fully saturated rings. The van der Waals surface area contributed by atoms with Crippen molar-refractivity contribution in [1.29, 1.82) is 0 Å². The standard InChI is InChI=1S/C15H21N5O12/c16-7-1-4-10(21)27-19(30-13(7)24)28-11(22)5-2-8(17)14(25)31-20-29-12(23)6-3-9(18)15(26)32-20/h7-9H,1-6,16-18H2/t7-,8+,9-/m1/s1. The molecule has 0 amide bonds. The van der Waals surface area contributed by atoms with Crippen LogP contribution in [0.3, 0.4) is 0 Å². The summed E-state index contributed by atoms with van der Waals surface area (Å²) in [6.07, 6.45) is -1.45.